The average Bonchev–Trinajstić information content (AvgIpc) is 3.00. The van der Waals surface area contributed by atoms with Crippen LogP contribution in [0, 0.1) is 0 Å². The zero-order valence-corrected chi connectivity index (χ0v) is 23.0. The Labute approximate surface area is 195 Å². The Balaban J connectivity index is 0.000000477. The van der Waals surface area contributed by atoms with Crippen molar-refractivity contribution in [3.63, 3.8) is 0 Å². The molecule has 0 atom stereocenters. The van der Waals surface area contributed by atoms with Crippen molar-refractivity contribution in [1.29, 1.82) is 0 Å². The Morgan fingerprint density at radius 1 is 1.30 bits per heavy atom. The van der Waals surface area contributed by atoms with E-state index in [1.807, 2.05) is 0 Å². The van der Waals surface area contributed by atoms with Crippen molar-refractivity contribution >= 4 is 122 Å². The Hall–Kier alpha value is 2.26. The summed E-state index contributed by atoms with van der Waals surface area (Å²) in [5.41, 5.74) is 0.726. The number of morpholine rings is 1. The maximum atomic E-state index is 10.8. The van der Waals surface area contributed by atoms with E-state index in [9.17, 15) is 4.79 Å². The first kappa shape index (κ1) is 23.3. The van der Waals surface area contributed by atoms with Crippen LogP contribution < -0.4 is 4.90 Å². The van der Waals surface area contributed by atoms with Gasteiger partial charge in [0.15, 0.2) is 12.1 Å². The number of thiophene rings is 1. The summed E-state index contributed by atoms with van der Waals surface area (Å²) in [6.07, 6.45) is 0.823. The minimum absolute atomic E-state index is 0.208. The van der Waals surface area contributed by atoms with Crippen molar-refractivity contribution in [2.24, 2.45) is 0 Å². The van der Waals surface area contributed by atoms with E-state index in [2.05, 4.69) is 92.1 Å². The van der Waals surface area contributed by atoms with Gasteiger partial charge in [-0.15, -0.1) is 11.3 Å². The SMILES string of the molecule is II.O=Cc1cc2nc(Cl)nc(N3CCOCC3)c2s1.[I][V][I]. The van der Waals surface area contributed by atoms with Crippen molar-refractivity contribution in [3.05, 3.63) is 16.2 Å². The number of fused-ring (bicyclic) bond motifs is 1. The molecule has 23 heavy (non-hydrogen) atoms. The zero-order chi connectivity index (χ0) is 17.2. The van der Waals surface area contributed by atoms with Crippen LogP contribution >= 0.6 is 100 Å². The van der Waals surface area contributed by atoms with Gasteiger partial charge in [-0.05, 0) is 17.7 Å². The first-order valence-electron chi connectivity index (χ1n) is 6.01. The summed E-state index contributed by atoms with van der Waals surface area (Å²) in [6.45, 7) is 2.90. The molecule has 3 heterocycles. The fraction of sp³-hybridized carbons (Fsp3) is 0.364. The van der Waals surface area contributed by atoms with Crippen LogP contribution in [0.1, 0.15) is 9.67 Å². The zero-order valence-electron chi connectivity index (χ0n) is 11.4. The van der Waals surface area contributed by atoms with E-state index in [0.29, 0.717) is 27.6 Å². The molecule has 1 fully saturated rings. The summed E-state index contributed by atoms with van der Waals surface area (Å²) in [5, 5.41) is 0.208. The fourth-order valence-electron chi connectivity index (χ4n) is 1.95. The summed E-state index contributed by atoms with van der Waals surface area (Å²) >= 11 is 16.3. The molecule has 0 aromatic carbocycles. The van der Waals surface area contributed by atoms with E-state index in [0.717, 1.165) is 35.4 Å². The van der Waals surface area contributed by atoms with Crippen molar-refractivity contribution in [3.8, 4) is 0 Å². The van der Waals surface area contributed by atoms with Crippen molar-refractivity contribution in [2.45, 2.75) is 0 Å². The van der Waals surface area contributed by atoms with Crippen LogP contribution in [0.2, 0.25) is 5.28 Å². The molecule has 1 aliphatic heterocycles. The second-order valence-corrected chi connectivity index (χ2v) is 17.2. The predicted octanol–water partition coefficient (Wildman–Crippen LogP) is 5.53. The summed E-state index contributed by atoms with van der Waals surface area (Å²) in [6, 6.07) is 1.74. The van der Waals surface area contributed by atoms with Crippen LogP contribution in [-0.4, -0.2) is 42.6 Å². The maximum absolute atomic E-state index is 10.8. The molecule has 0 radical (unpaired) electrons. The normalized spacial score (nSPS) is 13.5. The molecule has 2 aromatic rings. The van der Waals surface area contributed by atoms with Crippen molar-refractivity contribution in [2.75, 3.05) is 31.2 Å². The predicted molar refractivity (Wildman–Crippen MR) is 127 cm³/mol. The van der Waals surface area contributed by atoms with Gasteiger partial charge < -0.3 is 9.64 Å². The number of anilines is 1. The molecular weight excluding hydrogens is 832 g/mol. The fourth-order valence-corrected chi connectivity index (χ4v) is 3.05. The number of ether oxygens (including phenoxy) is 1. The van der Waals surface area contributed by atoms with Crippen molar-refractivity contribution in [1.82, 2.24) is 9.97 Å². The molecule has 3 rings (SSSR count). The Bertz CT molecular complexity index is 631. The van der Waals surface area contributed by atoms with Gasteiger partial charge in [0.05, 0.1) is 28.3 Å². The Morgan fingerprint density at radius 2 is 1.91 bits per heavy atom. The molecule has 2 aromatic heterocycles. The number of aldehydes is 1. The van der Waals surface area contributed by atoms with Gasteiger partial charge in [-0.2, -0.15) is 4.98 Å². The summed E-state index contributed by atoms with van der Waals surface area (Å²) in [5.74, 6) is 0.798. The number of nitrogens with zero attached hydrogens (tertiary/aromatic N) is 3. The number of carbonyl (C=O) groups excluding carboxylic acids is 1. The monoisotopic (exact) mass is 842 g/mol. The van der Waals surface area contributed by atoms with Crippen LogP contribution in [0.15, 0.2) is 6.07 Å². The molecule has 1 saturated heterocycles. The van der Waals surface area contributed by atoms with E-state index >= 15 is 0 Å². The third-order valence-electron chi connectivity index (χ3n) is 2.77. The molecule has 1 aliphatic rings. The van der Waals surface area contributed by atoms with E-state index in [1.165, 1.54) is 11.3 Å². The van der Waals surface area contributed by atoms with Gasteiger partial charge in [-0.3, -0.25) is 4.79 Å². The van der Waals surface area contributed by atoms with Gasteiger partial charge in [0.1, 0.15) is 0 Å². The molecule has 0 aliphatic carbocycles. The van der Waals surface area contributed by atoms with E-state index in [-0.39, 0.29) is 5.28 Å². The number of hydrogen-bond donors (Lipinski definition) is 0. The molecule has 5 nitrogen and oxygen atoms in total. The topological polar surface area (TPSA) is 55.3 Å². The summed E-state index contributed by atoms with van der Waals surface area (Å²) in [7, 11) is 0.628. The number of hydrogen-bond acceptors (Lipinski definition) is 6. The van der Waals surface area contributed by atoms with Gasteiger partial charge >= 0.3 is 49.4 Å². The first-order valence-corrected chi connectivity index (χ1v) is 22.5. The summed E-state index contributed by atoms with van der Waals surface area (Å²) < 4.78 is 6.22. The van der Waals surface area contributed by atoms with E-state index in [1.54, 1.807) is 6.07 Å². The molecule has 0 unspecified atom stereocenters. The van der Waals surface area contributed by atoms with Crippen LogP contribution in [0.25, 0.3) is 10.2 Å². The quantitative estimate of drug-likeness (QED) is 0.226. The Morgan fingerprint density at radius 3 is 2.48 bits per heavy atom. The van der Waals surface area contributed by atoms with Crippen LogP contribution in [0.4, 0.5) is 5.82 Å². The van der Waals surface area contributed by atoms with Crippen molar-refractivity contribution < 1.29 is 19.0 Å². The second kappa shape index (κ2) is 13.4. The number of carbonyl (C=O) groups is 1. The molecule has 0 bridgehead atoms. The van der Waals surface area contributed by atoms with Gasteiger partial charge in [-0.25, -0.2) is 4.98 Å². The third-order valence-corrected chi connectivity index (χ3v) is 3.99. The number of aromatic nitrogens is 2. The molecule has 0 saturated carbocycles. The molecule has 0 N–H and O–H groups in total. The number of halogens is 5. The number of rotatable bonds is 2. The van der Waals surface area contributed by atoms with Gasteiger partial charge in [-0.1, -0.05) is 0 Å². The molecule has 0 amide bonds. The summed E-state index contributed by atoms with van der Waals surface area (Å²) in [4.78, 5) is 22.0. The Kier molecular flexibility index (Phi) is 13.6. The third kappa shape index (κ3) is 7.42. The van der Waals surface area contributed by atoms with Crippen LogP contribution in [-0.2, 0) is 14.2 Å². The first-order chi connectivity index (χ1) is 11.2. The molecule has 127 valence electrons. The van der Waals surface area contributed by atoms with E-state index < -0.39 is 0 Å². The molecular formula is C11H10ClI4N3O2SV. The van der Waals surface area contributed by atoms with Gasteiger partial charge in [0, 0.05) is 50.3 Å². The average molecular weight is 842 g/mol. The second-order valence-electron chi connectivity index (χ2n) is 3.96. The van der Waals surface area contributed by atoms with Crippen LogP contribution in [0.3, 0.4) is 0 Å². The van der Waals surface area contributed by atoms with Gasteiger partial charge in [0.25, 0.3) is 0 Å². The van der Waals surface area contributed by atoms with Gasteiger partial charge in [0.2, 0.25) is 5.28 Å². The molecule has 0 spiro atoms. The van der Waals surface area contributed by atoms with E-state index in [4.69, 9.17) is 16.3 Å². The minimum atomic E-state index is 0.208. The van der Waals surface area contributed by atoms with Crippen LogP contribution in [0.5, 0.6) is 0 Å². The standard InChI is InChI=1S/C11H10ClN3O2S.I2.2HI.V/c12-11-13-8-5-7(6-16)18-9(8)10(14-11)15-1-3-17-4-2-15;1-2;;;/h5-6H,1-4H2;;2*1H;/q;;;;+2/p-2. The molecule has 12 heteroatoms.